The maximum atomic E-state index is 13.7. The molecule has 0 fully saturated rings. The minimum absolute atomic E-state index is 0.0165. The predicted octanol–water partition coefficient (Wildman–Crippen LogP) is 4.17. The summed E-state index contributed by atoms with van der Waals surface area (Å²) in [6.07, 6.45) is 1.52. The fourth-order valence-electron chi connectivity index (χ4n) is 3.48. The van der Waals surface area contributed by atoms with Crippen molar-refractivity contribution in [1.29, 1.82) is 0 Å². The Bertz CT molecular complexity index is 1290. The Morgan fingerprint density at radius 2 is 1.69 bits per heavy atom. The Morgan fingerprint density at radius 3 is 2.31 bits per heavy atom. The molecule has 1 amide bonds. The first-order valence-electron chi connectivity index (χ1n) is 11.4. The zero-order chi connectivity index (χ0) is 26.1. The molecule has 0 radical (unpaired) electrons. The molecule has 8 nitrogen and oxygen atoms in total. The number of methoxy groups -OCH3 is 2. The normalized spacial score (nSPS) is 11.7. The van der Waals surface area contributed by atoms with Crippen molar-refractivity contribution >= 4 is 22.1 Å². The molecule has 0 unspecified atom stereocenters. The molecule has 0 aliphatic rings. The number of nitrogens with zero attached hydrogens (tertiary/aromatic N) is 2. The summed E-state index contributed by atoms with van der Waals surface area (Å²) in [6, 6.07) is 21.4. The largest absolute Gasteiger partial charge is 0.497 e. The zero-order valence-corrected chi connectivity index (χ0v) is 21.7. The molecule has 0 aliphatic heterocycles. The van der Waals surface area contributed by atoms with Crippen molar-refractivity contribution in [3.8, 4) is 11.5 Å². The predicted molar refractivity (Wildman–Crippen MR) is 140 cm³/mol. The van der Waals surface area contributed by atoms with Gasteiger partial charge in [-0.25, -0.2) is 13.8 Å². The molecule has 0 aliphatic carbocycles. The van der Waals surface area contributed by atoms with Gasteiger partial charge in [0.25, 0.3) is 5.91 Å². The lowest BCUT2D eigenvalue weighted by molar-refractivity contribution is -0.121. The van der Waals surface area contributed by atoms with E-state index >= 15 is 0 Å². The minimum atomic E-state index is -4.14. The summed E-state index contributed by atoms with van der Waals surface area (Å²) >= 11 is 0. The van der Waals surface area contributed by atoms with Crippen molar-refractivity contribution in [2.24, 2.45) is 5.10 Å². The highest BCUT2D eigenvalue weighted by Crippen LogP contribution is 2.31. The van der Waals surface area contributed by atoms with Gasteiger partial charge in [0.1, 0.15) is 16.4 Å². The standard InChI is InChI=1S/C27H31N3O5S/c1-20(2)23-12-10-21(11-13-23)17-28-29-27(31)19-30(18-22-8-6-5-7-9-22)36(32,33)26-16-24(34-3)14-15-25(26)35-4/h5-17,20H,18-19H2,1-4H3,(H,29,31)/b28-17+. The molecule has 0 bridgehead atoms. The number of hydrazone groups is 1. The molecule has 3 aromatic rings. The van der Waals surface area contributed by atoms with E-state index < -0.39 is 22.5 Å². The SMILES string of the molecule is COc1ccc(OC)c(S(=O)(=O)N(CC(=O)N/N=C/c2ccc(C(C)C)cc2)Cc2ccccc2)c1. The van der Waals surface area contributed by atoms with Crippen molar-refractivity contribution < 1.29 is 22.7 Å². The first-order valence-corrected chi connectivity index (χ1v) is 12.9. The molecular weight excluding hydrogens is 478 g/mol. The van der Waals surface area contributed by atoms with Crippen LogP contribution >= 0.6 is 0 Å². The van der Waals surface area contributed by atoms with Gasteiger partial charge in [0.15, 0.2) is 0 Å². The minimum Gasteiger partial charge on any atom is -0.497 e. The highest BCUT2D eigenvalue weighted by atomic mass is 32.2. The van der Waals surface area contributed by atoms with Crippen LogP contribution in [0.2, 0.25) is 0 Å². The molecule has 3 aromatic carbocycles. The molecule has 0 heterocycles. The molecule has 9 heteroatoms. The molecule has 0 saturated heterocycles. The summed E-state index contributed by atoms with van der Waals surface area (Å²) in [5.74, 6) is 0.339. The highest BCUT2D eigenvalue weighted by molar-refractivity contribution is 7.89. The molecule has 3 rings (SSSR count). The van der Waals surface area contributed by atoms with E-state index in [1.807, 2.05) is 30.3 Å². The van der Waals surface area contributed by atoms with Crippen LogP contribution in [0.1, 0.15) is 36.5 Å². The van der Waals surface area contributed by atoms with Gasteiger partial charge in [0.2, 0.25) is 10.0 Å². The van der Waals surface area contributed by atoms with Crippen LogP contribution in [0.4, 0.5) is 0 Å². The third-order valence-corrected chi connectivity index (χ3v) is 7.33. The van der Waals surface area contributed by atoms with Gasteiger partial charge < -0.3 is 9.47 Å². The van der Waals surface area contributed by atoms with E-state index in [1.165, 1.54) is 38.1 Å². The van der Waals surface area contributed by atoms with Crippen LogP contribution in [0.25, 0.3) is 0 Å². The third kappa shape index (κ3) is 6.93. The average molecular weight is 510 g/mol. The van der Waals surface area contributed by atoms with Crippen molar-refractivity contribution in [1.82, 2.24) is 9.73 Å². The fourth-order valence-corrected chi connectivity index (χ4v) is 5.03. The first kappa shape index (κ1) is 26.9. The number of nitrogens with one attached hydrogen (secondary N) is 1. The lowest BCUT2D eigenvalue weighted by Crippen LogP contribution is -2.39. The summed E-state index contributed by atoms with van der Waals surface area (Å²) in [5.41, 5.74) is 5.17. The Kier molecular flexibility index (Phi) is 9.21. The first-order chi connectivity index (χ1) is 17.2. The summed E-state index contributed by atoms with van der Waals surface area (Å²) in [5, 5.41) is 4.00. The molecule has 1 N–H and O–H groups in total. The third-order valence-electron chi connectivity index (χ3n) is 5.52. The number of rotatable bonds is 11. The number of sulfonamides is 1. The molecular formula is C27H31N3O5S. The van der Waals surface area contributed by atoms with Crippen molar-refractivity contribution in [3.05, 3.63) is 89.5 Å². The maximum Gasteiger partial charge on any atom is 0.255 e. The molecule has 0 spiro atoms. The van der Waals surface area contributed by atoms with E-state index in [-0.39, 0.29) is 17.2 Å². The van der Waals surface area contributed by atoms with E-state index in [0.29, 0.717) is 11.7 Å². The van der Waals surface area contributed by atoms with Crippen molar-refractivity contribution in [3.63, 3.8) is 0 Å². The summed E-state index contributed by atoms with van der Waals surface area (Å²) in [7, 11) is -1.31. The number of hydrogen-bond donors (Lipinski definition) is 1. The van der Waals surface area contributed by atoms with Crippen LogP contribution in [0.5, 0.6) is 11.5 Å². The van der Waals surface area contributed by atoms with Gasteiger partial charge in [0, 0.05) is 12.6 Å². The van der Waals surface area contributed by atoms with E-state index in [2.05, 4.69) is 24.4 Å². The van der Waals surface area contributed by atoms with Gasteiger partial charge >= 0.3 is 0 Å². The second kappa shape index (κ2) is 12.3. The molecule has 36 heavy (non-hydrogen) atoms. The van der Waals surface area contributed by atoms with Crippen LogP contribution in [0, 0.1) is 0 Å². The number of benzene rings is 3. The Morgan fingerprint density at radius 1 is 1.00 bits per heavy atom. The van der Waals surface area contributed by atoms with E-state index in [4.69, 9.17) is 9.47 Å². The summed E-state index contributed by atoms with van der Waals surface area (Å²) in [4.78, 5) is 12.7. The van der Waals surface area contributed by atoms with Gasteiger partial charge in [0.05, 0.1) is 27.0 Å². The van der Waals surface area contributed by atoms with Gasteiger partial charge in [-0.3, -0.25) is 4.79 Å². The maximum absolute atomic E-state index is 13.7. The van der Waals surface area contributed by atoms with E-state index in [9.17, 15) is 13.2 Å². The number of amides is 1. The van der Waals surface area contributed by atoms with Crippen LogP contribution in [0.15, 0.2) is 82.8 Å². The Labute approximate surface area is 212 Å². The molecule has 0 atom stereocenters. The van der Waals surface area contributed by atoms with Gasteiger partial charge in [-0.2, -0.15) is 9.41 Å². The lowest BCUT2D eigenvalue weighted by atomic mass is 10.0. The number of hydrogen-bond acceptors (Lipinski definition) is 6. The summed E-state index contributed by atoms with van der Waals surface area (Å²) in [6.45, 7) is 3.76. The van der Waals surface area contributed by atoms with Gasteiger partial charge in [-0.1, -0.05) is 68.4 Å². The smallest absolute Gasteiger partial charge is 0.255 e. The van der Waals surface area contributed by atoms with Crippen LogP contribution in [-0.2, 0) is 21.4 Å². The van der Waals surface area contributed by atoms with Crippen molar-refractivity contribution in [2.45, 2.75) is 31.2 Å². The topological polar surface area (TPSA) is 97.3 Å². The number of carbonyl (C=O) groups excluding carboxylic acids is 1. The second-order valence-corrected chi connectivity index (χ2v) is 10.3. The Balaban J connectivity index is 1.82. The summed E-state index contributed by atoms with van der Waals surface area (Å²) < 4.78 is 38.9. The van der Waals surface area contributed by atoms with Crippen molar-refractivity contribution in [2.75, 3.05) is 20.8 Å². The Hall–Kier alpha value is -3.69. The van der Waals surface area contributed by atoms with Gasteiger partial charge in [-0.15, -0.1) is 0 Å². The zero-order valence-electron chi connectivity index (χ0n) is 20.8. The van der Waals surface area contributed by atoms with Crippen LogP contribution in [0.3, 0.4) is 0 Å². The number of carbonyl (C=O) groups is 1. The quantitative estimate of drug-likeness (QED) is 0.309. The van der Waals surface area contributed by atoms with E-state index in [1.54, 1.807) is 30.3 Å². The van der Waals surface area contributed by atoms with Gasteiger partial charge in [-0.05, 0) is 34.7 Å². The molecule has 0 saturated carbocycles. The number of ether oxygens (including phenoxy) is 2. The van der Waals surface area contributed by atoms with E-state index in [0.717, 1.165) is 15.4 Å². The lowest BCUT2D eigenvalue weighted by Gasteiger charge is -2.23. The average Bonchev–Trinajstić information content (AvgIpc) is 2.88. The fraction of sp³-hybridized carbons (Fsp3) is 0.259. The monoisotopic (exact) mass is 509 g/mol. The van der Waals surface area contributed by atoms with Crippen LogP contribution in [-0.4, -0.2) is 45.6 Å². The highest BCUT2D eigenvalue weighted by Gasteiger charge is 2.30. The molecule has 0 aromatic heterocycles. The molecule has 190 valence electrons. The second-order valence-electron chi connectivity index (χ2n) is 8.39. The van der Waals surface area contributed by atoms with Crippen LogP contribution < -0.4 is 14.9 Å².